The van der Waals surface area contributed by atoms with Crippen molar-refractivity contribution in [2.24, 2.45) is 5.92 Å². The number of carbonyl (C=O) groups excluding carboxylic acids is 3. The van der Waals surface area contributed by atoms with Crippen molar-refractivity contribution < 1.29 is 14.4 Å². The van der Waals surface area contributed by atoms with Gasteiger partial charge < -0.3 is 5.32 Å². The minimum Gasteiger partial charge on any atom is -0.325 e. The minimum absolute atomic E-state index is 0.238. The van der Waals surface area contributed by atoms with E-state index in [2.05, 4.69) is 5.32 Å². The number of halogens is 2. The fraction of sp³-hybridized carbons (Fsp3) is 0.125. The molecule has 7 nitrogen and oxygen atoms in total. The van der Waals surface area contributed by atoms with E-state index in [-0.39, 0.29) is 29.1 Å². The van der Waals surface area contributed by atoms with Gasteiger partial charge in [0.2, 0.25) is 17.7 Å². The van der Waals surface area contributed by atoms with Crippen LogP contribution in [0, 0.1) is 5.92 Å². The maximum atomic E-state index is 14.0. The number of amides is 3. The van der Waals surface area contributed by atoms with Gasteiger partial charge in [-0.1, -0.05) is 88.8 Å². The Kier molecular flexibility index (Phi) is 7.13. The lowest BCUT2D eigenvalue weighted by molar-refractivity contribution is -0.122. The first-order valence-electron chi connectivity index (χ1n) is 13.4. The standard InChI is InChI=1S/C32H21Cl2N3O4S2/c33-20-8-5-18(6-9-20)25-26-27(30(40)37(29(26)39)23-13-10-21(34)11-14-23)42-31-28(25)43-32(41)36(31)16-24(38)35-22-12-7-17-3-1-2-4-19(17)15-22/h1-15,25-27H,16H2,(H,35,38)/t25-,26-,27+/m0/s1. The summed E-state index contributed by atoms with van der Waals surface area (Å²) in [4.78, 5) is 55.9. The largest absolute Gasteiger partial charge is 0.325 e. The van der Waals surface area contributed by atoms with Gasteiger partial charge in [-0.3, -0.25) is 23.7 Å². The Labute approximate surface area is 264 Å². The number of nitrogens with zero attached hydrogens (tertiary/aromatic N) is 2. The Balaban J connectivity index is 1.26. The van der Waals surface area contributed by atoms with Crippen LogP contribution in [-0.2, 0) is 20.9 Å². The second kappa shape index (κ2) is 11.0. The third kappa shape index (κ3) is 4.96. The highest BCUT2D eigenvalue weighted by atomic mass is 35.5. The highest BCUT2D eigenvalue weighted by Crippen LogP contribution is 2.54. The summed E-state index contributed by atoms with van der Waals surface area (Å²) >= 11 is 14.4. The number of nitrogens with one attached hydrogen (secondary N) is 1. The molecule has 3 atom stereocenters. The van der Waals surface area contributed by atoms with Crippen LogP contribution >= 0.6 is 46.3 Å². The van der Waals surface area contributed by atoms with E-state index in [1.807, 2.05) is 54.6 Å². The molecule has 3 heterocycles. The van der Waals surface area contributed by atoms with Crippen LogP contribution in [0.25, 0.3) is 10.8 Å². The van der Waals surface area contributed by atoms with Gasteiger partial charge in [0.05, 0.1) is 16.6 Å². The van der Waals surface area contributed by atoms with Gasteiger partial charge in [-0.2, -0.15) is 0 Å². The van der Waals surface area contributed by atoms with Crippen LogP contribution in [0.1, 0.15) is 16.4 Å². The molecule has 1 fully saturated rings. The summed E-state index contributed by atoms with van der Waals surface area (Å²) < 4.78 is 1.41. The summed E-state index contributed by atoms with van der Waals surface area (Å²) in [6, 6.07) is 27.1. The predicted octanol–water partition coefficient (Wildman–Crippen LogP) is 6.80. The second-order valence-corrected chi connectivity index (χ2v) is 13.3. The minimum atomic E-state index is -0.792. The Bertz CT molecular complexity index is 1990. The Morgan fingerprint density at radius 3 is 2.21 bits per heavy atom. The molecule has 5 aromatic rings. The van der Waals surface area contributed by atoms with E-state index in [4.69, 9.17) is 23.2 Å². The molecule has 2 aliphatic heterocycles. The molecule has 0 bridgehead atoms. The first-order valence-corrected chi connectivity index (χ1v) is 15.8. The molecule has 214 valence electrons. The molecular weight excluding hydrogens is 625 g/mol. The van der Waals surface area contributed by atoms with Crippen molar-refractivity contribution in [3.8, 4) is 0 Å². The molecule has 0 saturated carbocycles. The summed E-state index contributed by atoms with van der Waals surface area (Å²) in [6.45, 7) is -0.238. The van der Waals surface area contributed by atoms with E-state index in [0.717, 1.165) is 27.7 Å². The smallest absolute Gasteiger partial charge is 0.308 e. The average molecular weight is 647 g/mol. The van der Waals surface area contributed by atoms with E-state index in [1.54, 1.807) is 36.4 Å². The van der Waals surface area contributed by atoms with Crippen LogP contribution in [0.15, 0.2) is 101 Å². The first kappa shape index (κ1) is 27.9. The molecule has 1 saturated heterocycles. The number of rotatable bonds is 5. The van der Waals surface area contributed by atoms with E-state index < -0.39 is 17.1 Å². The molecule has 4 aromatic carbocycles. The monoisotopic (exact) mass is 645 g/mol. The lowest BCUT2D eigenvalue weighted by Gasteiger charge is -2.30. The lowest BCUT2D eigenvalue weighted by Crippen LogP contribution is -2.33. The fourth-order valence-corrected chi connectivity index (χ4v) is 8.77. The molecular formula is C32H21Cl2N3O4S2. The second-order valence-electron chi connectivity index (χ2n) is 10.3. The number of hydrogen-bond acceptors (Lipinski definition) is 6. The Morgan fingerprint density at radius 2 is 1.49 bits per heavy atom. The van der Waals surface area contributed by atoms with Crippen molar-refractivity contribution in [2.45, 2.75) is 22.7 Å². The SMILES string of the molecule is O=C(Cn1c2c(sc1=O)[C@@H](c1ccc(Cl)cc1)[C@@H]1C(=O)N(c3ccc(Cl)cc3)C(=O)[C@@H]1S2)Nc1ccc2ccccc2c1. The molecule has 11 heteroatoms. The topological polar surface area (TPSA) is 88.5 Å². The van der Waals surface area contributed by atoms with E-state index in [9.17, 15) is 19.2 Å². The molecule has 2 aliphatic rings. The molecule has 0 aliphatic carbocycles. The molecule has 7 rings (SSSR count). The van der Waals surface area contributed by atoms with Gasteiger partial charge in [-0.05, 0) is 64.9 Å². The lowest BCUT2D eigenvalue weighted by atomic mass is 9.83. The van der Waals surface area contributed by atoms with Crippen LogP contribution in [0.3, 0.4) is 0 Å². The van der Waals surface area contributed by atoms with Crippen LogP contribution in [0.5, 0.6) is 0 Å². The number of thioether (sulfide) groups is 1. The van der Waals surface area contributed by atoms with Crippen molar-refractivity contribution in [3.05, 3.63) is 121 Å². The molecule has 3 amide bonds. The maximum absolute atomic E-state index is 14.0. The van der Waals surface area contributed by atoms with Crippen molar-refractivity contribution in [1.29, 1.82) is 0 Å². The highest BCUT2D eigenvalue weighted by Gasteiger charge is 2.56. The van der Waals surface area contributed by atoms with E-state index in [1.165, 1.54) is 21.2 Å². The van der Waals surface area contributed by atoms with Gasteiger partial charge in [0, 0.05) is 26.5 Å². The van der Waals surface area contributed by atoms with E-state index in [0.29, 0.717) is 31.3 Å². The van der Waals surface area contributed by atoms with Crippen LogP contribution < -0.4 is 15.1 Å². The van der Waals surface area contributed by atoms with Gasteiger partial charge in [-0.25, -0.2) is 4.90 Å². The first-order chi connectivity index (χ1) is 20.8. The van der Waals surface area contributed by atoms with Gasteiger partial charge in [-0.15, -0.1) is 0 Å². The average Bonchev–Trinajstić information content (AvgIpc) is 3.44. The van der Waals surface area contributed by atoms with E-state index >= 15 is 0 Å². The van der Waals surface area contributed by atoms with Crippen LogP contribution in [0.4, 0.5) is 11.4 Å². The molecule has 0 unspecified atom stereocenters. The predicted molar refractivity (Wildman–Crippen MR) is 172 cm³/mol. The number of thiazole rings is 1. The normalized spacial score (nSPS) is 19.4. The van der Waals surface area contributed by atoms with Crippen molar-refractivity contribution in [2.75, 3.05) is 10.2 Å². The summed E-state index contributed by atoms with van der Waals surface area (Å²) in [7, 11) is 0. The zero-order valence-electron chi connectivity index (χ0n) is 22.2. The fourth-order valence-electron chi connectivity index (χ4n) is 5.74. The zero-order chi connectivity index (χ0) is 29.8. The van der Waals surface area contributed by atoms with Crippen molar-refractivity contribution >= 4 is 86.2 Å². The number of hydrogen-bond donors (Lipinski definition) is 1. The maximum Gasteiger partial charge on any atom is 0.308 e. The Morgan fingerprint density at radius 1 is 0.814 bits per heavy atom. The summed E-state index contributed by atoms with van der Waals surface area (Å²) in [5, 5.41) is 5.66. The number of aromatic nitrogens is 1. The number of carbonyl (C=O) groups is 3. The molecule has 1 aromatic heterocycles. The molecule has 0 radical (unpaired) electrons. The van der Waals surface area contributed by atoms with Gasteiger partial charge in [0.15, 0.2) is 0 Å². The van der Waals surface area contributed by atoms with Crippen LogP contribution in [0.2, 0.25) is 10.0 Å². The summed E-state index contributed by atoms with van der Waals surface area (Å²) in [5.74, 6) is -2.43. The van der Waals surface area contributed by atoms with Gasteiger partial charge in [0.25, 0.3) is 0 Å². The number of anilines is 2. The molecule has 1 N–H and O–H groups in total. The zero-order valence-corrected chi connectivity index (χ0v) is 25.3. The molecule has 43 heavy (non-hydrogen) atoms. The van der Waals surface area contributed by atoms with Gasteiger partial charge >= 0.3 is 4.87 Å². The number of fused-ring (bicyclic) bond motifs is 3. The summed E-state index contributed by atoms with van der Waals surface area (Å²) in [5.41, 5.74) is 1.80. The summed E-state index contributed by atoms with van der Waals surface area (Å²) in [6.07, 6.45) is 0. The third-order valence-corrected chi connectivity index (χ3v) is 10.8. The Hall–Kier alpha value is -3.89. The van der Waals surface area contributed by atoms with Gasteiger partial charge in [0.1, 0.15) is 11.8 Å². The van der Waals surface area contributed by atoms with Crippen LogP contribution in [-0.4, -0.2) is 27.5 Å². The van der Waals surface area contributed by atoms with Crippen molar-refractivity contribution in [1.82, 2.24) is 4.57 Å². The highest BCUT2D eigenvalue weighted by molar-refractivity contribution is 8.00. The third-order valence-electron chi connectivity index (χ3n) is 7.70. The number of benzene rings is 4. The quantitative estimate of drug-likeness (QED) is 0.212. The van der Waals surface area contributed by atoms with Crippen molar-refractivity contribution in [3.63, 3.8) is 0 Å². The molecule has 0 spiro atoms. The number of imide groups is 1.